The number of fused-ring (bicyclic) bond motifs is 1. The molecule has 6 nitrogen and oxygen atoms in total. The minimum absolute atomic E-state index is 0.701. The molecule has 0 atom stereocenters. The topological polar surface area (TPSA) is 75.6 Å². The Kier molecular flexibility index (Phi) is 3.92. The Balaban J connectivity index is 1.79. The van der Waals surface area contributed by atoms with Crippen molar-refractivity contribution in [2.75, 3.05) is 17.7 Å². The molecule has 6 heteroatoms. The van der Waals surface area contributed by atoms with Gasteiger partial charge < -0.3 is 10.6 Å². The summed E-state index contributed by atoms with van der Waals surface area (Å²) in [4.78, 5) is 17.5. The summed E-state index contributed by atoms with van der Waals surface area (Å²) in [5, 5.41) is 8.54. The highest BCUT2D eigenvalue weighted by molar-refractivity contribution is 5.94. The van der Waals surface area contributed by atoms with Crippen molar-refractivity contribution in [1.82, 2.24) is 19.9 Å². The van der Waals surface area contributed by atoms with Gasteiger partial charge in [-0.25, -0.2) is 19.9 Å². The molecular weight excluding hydrogens is 312 g/mol. The monoisotopic (exact) mass is 328 g/mol. The van der Waals surface area contributed by atoms with Gasteiger partial charge in [0.05, 0.1) is 5.69 Å². The number of pyridine rings is 2. The second-order valence-electron chi connectivity index (χ2n) is 5.44. The number of anilines is 3. The minimum Gasteiger partial charge on any atom is -0.373 e. The highest BCUT2D eigenvalue weighted by atomic mass is 15.1. The molecule has 3 heterocycles. The maximum atomic E-state index is 4.48. The highest BCUT2D eigenvalue weighted by Crippen LogP contribution is 2.29. The van der Waals surface area contributed by atoms with E-state index in [0.29, 0.717) is 5.82 Å². The molecule has 0 radical (unpaired) electrons. The molecule has 3 aromatic heterocycles. The summed E-state index contributed by atoms with van der Waals surface area (Å²) in [6.07, 6.45) is 5.07. The van der Waals surface area contributed by atoms with Crippen molar-refractivity contribution in [1.29, 1.82) is 0 Å². The highest BCUT2D eigenvalue weighted by Gasteiger charge is 2.11. The third-order valence-electron chi connectivity index (χ3n) is 3.92. The van der Waals surface area contributed by atoms with Crippen LogP contribution >= 0.6 is 0 Å². The lowest BCUT2D eigenvalue weighted by atomic mass is 10.1. The van der Waals surface area contributed by atoms with Crippen LogP contribution in [0.2, 0.25) is 0 Å². The Morgan fingerprint density at radius 3 is 2.60 bits per heavy atom. The van der Waals surface area contributed by atoms with Crippen molar-refractivity contribution in [2.45, 2.75) is 0 Å². The van der Waals surface area contributed by atoms with Crippen molar-refractivity contribution < 1.29 is 0 Å². The minimum atomic E-state index is 0.701. The Morgan fingerprint density at radius 1 is 0.800 bits per heavy atom. The molecular formula is C19H16N6. The summed E-state index contributed by atoms with van der Waals surface area (Å²) in [5.41, 5.74) is 1.67. The van der Waals surface area contributed by atoms with Gasteiger partial charge in [-0.1, -0.05) is 24.3 Å². The van der Waals surface area contributed by atoms with E-state index in [2.05, 4.69) is 36.6 Å². The van der Waals surface area contributed by atoms with E-state index in [1.807, 2.05) is 49.5 Å². The molecule has 4 rings (SSSR count). The SMILES string of the molecule is CNc1cc(-c2cccnc2Nc2nccc3ccccc23)ncn1. The molecule has 0 fully saturated rings. The second kappa shape index (κ2) is 6.52. The molecule has 25 heavy (non-hydrogen) atoms. The number of aromatic nitrogens is 4. The van der Waals surface area contributed by atoms with Crippen LogP contribution in [-0.2, 0) is 0 Å². The van der Waals surface area contributed by atoms with Crippen LogP contribution in [0, 0.1) is 0 Å². The number of nitrogens with zero attached hydrogens (tertiary/aromatic N) is 4. The van der Waals surface area contributed by atoms with E-state index in [9.17, 15) is 0 Å². The molecule has 4 aromatic rings. The van der Waals surface area contributed by atoms with Crippen molar-refractivity contribution in [3.63, 3.8) is 0 Å². The third-order valence-corrected chi connectivity index (χ3v) is 3.92. The van der Waals surface area contributed by atoms with Gasteiger partial charge in [-0.3, -0.25) is 0 Å². The zero-order valence-electron chi connectivity index (χ0n) is 13.6. The molecule has 0 aliphatic heterocycles. The van der Waals surface area contributed by atoms with Crippen LogP contribution < -0.4 is 10.6 Å². The van der Waals surface area contributed by atoms with Crippen LogP contribution in [0.3, 0.4) is 0 Å². The molecule has 0 aliphatic carbocycles. The smallest absolute Gasteiger partial charge is 0.140 e. The van der Waals surface area contributed by atoms with Crippen molar-refractivity contribution in [3.8, 4) is 11.3 Å². The number of hydrogen-bond acceptors (Lipinski definition) is 6. The quantitative estimate of drug-likeness (QED) is 0.592. The summed E-state index contributed by atoms with van der Waals surface area (Å²) < 4.78 is 0. The maximum absolute atomic E-state index is 4.48. The lowest BCUT2D eigenvalue weighted by molar-refractivity contribution is 1.16. The zero-order valence-corrected chi connectivity index (χ0v) is 13.6. The van der Waals surface area contributed by atoms with Gasteiger partial charge in [0, 0.05) is 36.5 Å². The van der Waals surface area contributed by atoms with E-state index in [0.717, 1.165) is 33.7 Å². The summed E-state index contributed by atoms with van der Waals surface area (Å²) in [5.74, 6) is 2.22. The van der Waals surface area contributed by atoms with Crippen molar-refractivity contribution in [2.24, 2.45) is 0 Å². The van der Waals surface area contributed by atoms with Crippen LogP contribution in [0.15, 0.2) is 67.3 Å². The second-order valence-corrected chi connectivity index (χ2v) is 5.44. The van der Waals surface area contributed by atoms with E-state index in [-0.39, 0.29) is 0 Å². The third kappa shape index (κ3) is 2.97. The molecule has 0 saturated heterocycles. The summed E-state index contributed by atoms with van der Waals surface area (Å²) in [6, 6.07) is 15.8. The van der Waals surface area contributed by atoms with Gasteiger partial charge in [-0.15, -0.1) is 0 Å². The van der Waals surface area contributed by atoms with Gasteiger partial charge >= 0.3 is 0 Å². The molecule has 0 saturated carbocycles. The first-order valence-corrected chi connectivity index (χ1v) is 7.91. The van der Waals surface area contributed by atoms with Crippen molar-refractivity contribution in [3.05, 3.63) is 67.3 Å². The first-order chi connectivity index (χ1) is 12.3. The van der Waals surface area contributed by atoms with Gasteiger partial charge in [-0.05, 0) is 23.6 Å². The summed E-state index contributed by atoms with van der Waals surface area (Å²) >= 11 is 0. The van der Waals surface area contributed by atoms with E-state index in [1.54, 1.807) is 12.4 Å². The molecule has 2 N–H and O–H groups in total. The Bertz CT molecular complexity index is 1030. The van der Waals surface area contributed by atoms with Gasteiger partial charge in [0.1, 0.15) is 23.8 Å². The van der Waals surface area contributed by atoms with E-state index >= 15 is 0 Å². The van der Waals surface area contributed by atoms with Crippen LogP contribution in [-0.4, -0.2) is 27.0 Å². The first-order valence-electron chi connectivity index (χ1n) is 7.91. The van der Waals surface area contributed by atoms with Crippen LogP contribution in [0.5, 0.6) is 0 Å². The lowest BCUT2D eigenvalue weighted by Gasteiger charge is -2.12. The normalized spacial score (nSPS) is 10.6. The molecule has 122 valence electrons. The lowest BCUT2D eigenvalue weighted by Crippen LogP contribution is -2.00. The number of benzene rings is 1. The Morgan fingerprint density at radius 2 is 1.68 bits per heavy atom. The first kappa shape index (κ1) is 15.0. The van der Waals surface area contributed by atoms with Gasteiger partial charge in [-0.2, -0.15) is 0 Å². The van der Waals surface area contributed by atoms with Crippen LogP contribution in [0.25, 0.3) is 22.0 Å². The largest absolute Gasteiger partial charge is 0.373 e. The average molecular weight is 328 g/mol. The van der Waals surface area contributed by atoms with Gasteiger partial charge in [0.15, 0.2) is 0 Å². The number of nitrogens with one attached hydrogen (secondary N) is 2. The van der Waals surface area contributed by atoms with Gasteiger partial charge in [0.25, 0.3) is 0 Å². The maximum Gasteiger partial charge on any atom is 0.140 e. The fourth-order valence-electron chi connectivity index (χ4n) is 2.68. The van der Waals surface area contributed by atoms with Crippen LogP contribution in [0.1, 0.15) is 0 Å². The fourth-order valence-corrected chi connectivity index (χ4v) is 2.68. The molecule has 0 bridgehead atoms. The van der Waals surface area contributed by atoms with Gasteiger partial charge in [0.2, 0.25) is 0 Å². The van der Waals surface area contributed by atoms with Crippen LogP contribution in [0.4, 0.5) is 17.5 Å². The number of hydrogen-bond donors (Lipinski definition) is 2. The van der Waals surface area contributed by atoms with E-state index in [4.69, 9.17) is 0 Å². The fraction of sp³-hybridized carbons (Fsp3) is 0.0526. The standard InChI is InChI=1S/C19H16N6/c1-20-17-11-16(23-12-24-17)15-7-4-9-21-19(15)25-18-14-6-3-2-5-13(14)8-10-22-18/h2-12H,1H3,(H,20,23,24)(H,21,22,25). The molecule has 0 unspecified atom stereocenters. The molecule has 0 spiro atoms. The Labute approximate surface area is 145 Å². The van der Waals surface area contributed by atoms with E-state index in [1.165, 1.54) is 6.33 Å². The molecule has 1 aromatic carbocycles. The predicted octanol–water partition coefficient (Wildman–Crippen LogP) is 3.87. The average Bonchev–Trinajstić information content (AvgIpc) is 2.69. The predicted molar refractivity (Wildman–Crippen MR) is 99.8 cm³/mol. The summed E-state index contributed by atoms with van der Waals surface area (Å²) in [6.45, 7) is 0. The molecule has 0 aliphatic rings. The number of rotatable bonds is 4. The van der Waals surface area contributed by atoms with E-state index < -0.39 is 0 Å². The van der Waals surface area contributed by atoms with Crippen molar-refractivity contribution >= 4 is 28.2 Å². The molecule has 0 amide bonds. The zero-order chi connectivity index (χ0) is 17.1. The summed E-state index contributed by atoms with van der Waals surface area (Å²) in [7, 11) is 1.83. The Hall–Kier alpha value is -3.54.